The van der Waals surface area contributed by atoms with E-state index in [-0.39, 0.29) is 17.6 Å². The van der Waals surface area contributed by atoms with Gasteiger partial charge < -0.3 is 10.6 Å². The van der Waals surface area contributed by atoms with Gasteiger partial charge in [0.05, 0.1) is 11.4 Å². The Bertz CT molecular complexity index is 1100. The molecule has 2 amide bonds. The Kier molecular flexibility index (Phi) is 5.07. The van der Waals surface area contributed by atoms with E-state index in [1.165, 1.54) is 4.80 Å². The largest absolute Gasteiger partial charge is 0.349 e. The van der Waals surface area contributed by atoms with Gasteiger partial charge in [0.1, 0.15) is 0 Å². The molecule has 2 N–H and O–H groups in total. The Balaban J connectivity index is 1.55. The highest BCUT2D eigenvalue weighted by Gasteiger charge is 2.24. The third-order valence-electron chi connectivity index (χ3n) is 4.70. The number of carbonyl (C=O) groups is 2. The van der Waals surface area contributed by atoms with Crippen LogP contribution in [0.4, 0.5) is 5.69 Å². The van der Waals surface area contributed by atoms with E-state index in [9.17, 15) is 9.59 Å². The first-order chi connectivity index (χ1) is 13.9. The number of nitrogens with one attached hydrogen (secondary N) is 2. The molecule has 0 unspecified atom stereocenters. The highest BCUT2D eigenvalue weighted by atomic mass is 35.5. The molecule has 4 rings (SSSR count). The number of carbonyl (C=O) groups excluding carboxylic acids is 2. The van der Waals surface area contributed by atoms with Crippen molar-refractivity contribution in [1.82, 2.24) is 20.3 Å². The summed E-state index contributed by atoms with van der Waals surface area (Å²) >= 11 is 6.02. The van der Waals surface area contributed by atoms with Crippen LogP contribution in [0.2, 0.25) is 5.02 Å². The van der Waals surface area contributed by atoms with Gasteiger partial charge in [-0.2, -0.15) is 9.90 Å². The zero-order valence-electron chi connectivity index (χ0n) is 16.1. The van der Waals surface area contributed by atoms with E-state index in [0.717, 1.165) is 18.4 Å². The van der Waals surface area contributed by atoms with Gasteiger partial charge in [-0.3, -0.25) is 9.59 Å². The molecule has 0 spiro atoms. The third kappa shape index (κ3) is 4.30. The summed E-state index contributed by atoms with van der Waals surface area (Å²) in [5.41, 5.74) is 3.28. The number of aromatic nitrogens is 3. The van der Waals surface area contributed by atoms with Crippen LogP contribution >= 0.6 is 11.6 Å². The van der Waals surface area contributed by atoms with Crippen molar-refractivity contribution >= 4 is 29.1 Å². The molecule has 8 heteroatoms. The average Bonchev–Trinajstić information content (AvgIpc) is 3.41. The fraction of sp³-hybridized carbons (Fsp3) is 0.238. The molecular formula is C21H20ClN5O2. The average molecular weight is 410 g/mol. The monoisotopic (exact) mass is 409 g/mol. The molecule has 1 heterocycles. The fourth-order valence-corrected chi connectivity index (χ4v) is 3.06. The Morgan fingerprint density at radius 1 is 1.07 bits per heavy atom. The van der Waals surface area contributed by atoms with Gasteiger partial charge in [-0.15, -0.1) is 5.10 Å². The number of hydrogen-bond donors (Lipinski definition) is 2. The molecule has 29 heavy (non-hydrogen) atoms. The second-order valence-corrected chi connectivity index (χ2v) is 7.57. The number of aryl methyl sites for hydroxylation is 2. The summed E-state index contributed by atoms with van der Waals surface area (Å²) in [6, 6.07) is 12.6. The van der Waals surface area contributed by atoms with Gasteiger partial charge in [0.25, 0.3) is 11.8 Å². The minimum absolute atomic E-state index is 0.133. The number of halogens is 1. The van der Waals surface area contributed by atoms with Crippen molar-refractivity contribution in [3.05, 3.63) is 70.0 Å². The molecule has 0 atom stereocenters. The predicted molar refractivity (Wildman–Crippen MR) is 111 cm³/mol. The zero-order valence-corrected chi connectivity index (χ0v) is 16.8. The number of hydrogen-bond acceptors (Lipinski definition) is 4. The van der Waals surface area contributed by atoms with E-state index in [4.69, 9.17) is 11.6 Å². The Labute approximate surface area is 173 Å². The summed E-state index contributed by atoms with van der Waals surface area (Å²) in [4.78, 5) is 26.5. The van der Waals surface area contributed by atoms with E-state index in [2.05, 4.69) is 20.8 Å². The third-order valence-corrected chi connectivity index (χ3v) is 4.93. The van der Waals surface area contributed by atoms with Crippen molar-refractivity contribution in [2.75, 3.05) is 5.32 Å². The standard InChI is InChI=1S/C21H20ClN5O2/c1-12-6-7-14(20(28)23-16-8-9-16)10-18(12)24-21(29)19-13(2)25-27(26-19)17-5-3-4-15(22)11-17/h3-7,10-11,16H,8-9H2,1-2H3,(H,23,28)(H,24,29). The van der Waals surface area contributed by atoms with Crippen molar-refractivity contribution in [3.8, 4) is 5.69 Å². The second kappa shape index (κ2) is 7.67. The summed E-state index contributed by atoms with van der Waals surface area (Å²) < 4.78 is 0. The number of nitrogens with zero attached hydrogens (tertiary/aromatic N) is 3. The van der Waals surface area contributed by atoms with Crippen LogP contribution < -0.4 is 10.6 Å². The predicted octanol–water partition coefficient (Wildman–Crippen LogP) is 3.68. The van der Waals surface area contributed by atoms with E-state index >= 15 is 0 Å². The van der Waals surface area contributed by atoms with Crippen molar-refractivity contribution in [1.29, 1.82) is 0 Å². The van der Waals surface area contributed by atoms with Crippen molar-refractivity contribution in [2.45, 2.75) is 32.7 Å². The lowest BCUT2D eigenvalue weighted by molar-refractivity contribution is 0.0949. The number of rotatable bonds is 5. The molecule has 1 aromatic heterocycles. The van der Waals surface area contributed by atoms with Gasteiger partial charge in [0, 0.05) is 22.3 Å². The van der Waals surface area contributed by atoms with E-state index < -0.39 is 5.91 Å². The van der Waals surface area contributed by atoms with Gasteiger partial charge in [-0.25, -0.2) is 0 Å². The summed E-state index contributed by atoms with van der Waals surface area (Å²) in [6.45, 7) is 3.59. The first kappa shape index (κ1) is 19.1. The molecule has 0 aliphatic heterocycles. The summed E-state index contributed by atoms with van der Waals surface area (Å²) in [5, 5.41) is 15.0. The topological polar surface area (TPSA) is 88.9 Å². The Morgan fingerprint density at radius 2 is 1.86 bits per heavy atom. The summed E-state index contributed by atoms with van der Waals surface area (Å²) in [6.07, 6.45) is 2.03. The van der Waals surface area contributed by atoms with Gasteiger partial charge >= 0.3 is 0 Å². The van der Waals surface area contributed by atoms with E-state index in [0.29, 0.717) is 27.7 Å². The summed E-state index contributed by atoms with van der Waals surface area (Å²) in [7, 11) is 0. The normalized spacial score (nSPS) is 13.2. The maximum absolute atomic E-state index is 12.8. The molecule has 2 aromatic carbocycles. The van der Waals surface area contributed by atoms with Crippen LogP contribution in [0.3, 0.4) is 0 Å². The van der Waals surface area contributed by atoms with Crippen LogP contribution in [-0.4, -0.2) is 32.9 Å². The maximum atomic E-state index is 12.8. The lowest BCUT2D eigenvalue weighted by Gasteiger charge is -2.10. The van der Waals surface area contributed by atoms with Crippen LogP contribution in [-0.2, 0) is 0 Å². The van der Waals surface area contributed by atoms with Crippen molar-refractivity contribution in [2.24, 2.45) is 0 Å². The SMILES string of the molecule is Cc1ccc(C(=O)NC2CC2)cc1NC(=O)c1nn(-c2cccc(Cl)c2)nc1C. The molecule has 0 bridgehead atoms. The van der Waals surface area contributed by atoms with Crippen LogP contribution in [0, 0.1) is 13.8 Å². The molecule has 7 nitrogen and oxygen atoms in total. The van der Waals surface area contributed by atoms with Crippen LogP contribution in [0.25, 0.3) is 5.69 Å². The highest BCUT2D eigenvalue weighted by molar-refractivity contribution is 6.30. The number of anilines is 1. The fourth-order valence-electron chi connectivity index (χ4n) is 2.88. The van der Waals surface area contributed by atoms with Crippen LogP contribution in [0.15, 0.2) is 42.5 Å². The smallest absolute Gasteiger partial charge is 0.278 e. The molecule has 1 aliphatic rings. The first-order valence-electron chi connectivity index (χ1n) is 9.33. The molecule has 0 saturated heterocycles. The van der Waals surface area contributed by atoms with Gasteiger partial charge in [0.15, 0.2) is 5.69 Å². The van der Waals surface area contributed by atoms with E-state index in [1.54, 1.807) is 43.3 Å². The maximum Gasteiger partial charge on any atom is 0.278 e. The minimum atomic E-state index is -0.390. The molecule has 0 radical (unpaired) electrons. The number of amides is 2. The van der Waals surface area contributed by atoms with Gasteiger partial charge in [-0.1, -0.05) is 23.7 Å². The quantitative estimate of drug-likeness (QED) is 0.672. The van der Waals surface area contributed by atoms with E-state index in [1.807, 2.05) is 13.0 Å². The molecule has 148 valence electrons. The van der Waals surface area contributed by atoms with Crippen LogP contribution in [0.1, 0.15) is 44.9 Å². The zero-order chi connectivity index (χ0) is 20.5. The minimum Gasteiger partial charge on any atom is -0.349 e. The highest BCUT2D eigenvalue weighted by Crippen LogP contribution is 2.22. The van der Waals surface area contributed by atoms with Crippen LogP contribution in [0.5, 0.6) is 0 Å². The van der Waals surface area contributed by atoms with Crippen molar-refractivity contribution in [3.63, 3.8) is 0 Å². The summed E-state index contributed by atoms with van der Waals surface area (Å²) in [5.74, 6) is -0.523. The molecule has 1 aliphatic carbocycles. The lowest BCUT2D eigenvalue weighted by Crippen LogP contribution is -2.25. The lowest BCUT2D eigenvalue weighted by atomic mass is 10.1. The van der Waals surface area contributed by atoms with Crippen molar-refractivity contribution < 1.29 is 9.59 Å². The number of benzene rings is 2. The van der Waals surface area contributed by atoms with Gasteiger partial charge in [0.2, 0.25) is 0 Å². The molecule has 3 aromatic rings. The second-order valence-electron chi connectivity index (χ2n) is 7.13. The first-order valence-corrected chi connectivity index (χ1v) is 9.71. The molecular weight excluding hydrogens is 390 g/mol. The molecule has 1 saturated carbocycles. The Morgan fingerprint density at radius 3 is 2.59 bits per heavy atom. The molecule has 1 fully saturated rings. The Hall–Kier alpha value is -3.19. The van der Waals surface area contributed by atoms with Gasteiger partial charge in [-0.05, 0) is 62.6 Å².